The maximum absolute atomic E-state index is 11.8. The molecule has 2 N–H and O–H groups in total. The summed E-state index contributed by atoms with van der Waals surface area (Å²) in [4.78, 5) is 25.0. The van der Waals surface area contributed by atoms with Crippen molar-refractivity contribution >= 4 is 29.1 Å². The van der Waals surface area contributed by atoms with Crippen molar-refractivity contribution in [2.45, 2.75) is 26.4 Å². The first-order chi connectivity index (χ1) is 9.31. The Labute approximate surface area is 123 Å². The van der Waals surface area contributed by atoms with Crippen LogP contribution in [-0.4, -0.2) is 41.5 Å². The highest BCUT2D eigenvalue weighted by Gasteiger charge is 2.19. The largest absolute Gasteiger partial charge is 0.393 e. The number of aryl methyl sites for hydroxylation is 1. The van der Waals surface area contributed by atoms with Crippen LogP contribution in [0, 0.1) is 6.92 Å². The lowest BCUT2D eigenvalue weighted by atomic mass is 10.2. The number of halogens is 1. The number of aliphatic hydroxyl groups is 1. The second kappa shape index (κ2) is 7.26. The van der Waals surface area contributed by atoms with Crippen LogP contribution in [0.4, 0.5) is 5.69 Å². The van der Waals surface area contributed by atoms with Gasteiger partial charge < -0.3 is 15.3 Å². The number of amides is 2. The molecule has 1 unspecified atom stereocenters. The molecule has 110 valence electrons. The van der Waals surface area contributed by atoms with Gasteiger partial charge >= 0.3 is 11.8 Å². The van der Waals surface area contributed by atoms with E-state index in [1.807, 2.05) is 13.0 Å². The third-order valence-corrected chi connectivity index (χ3v) is 3.12. The molecule has 1 aromatic carbocycles. The van der Waals surface area contributed by atoms with Crippen molar-refractivity contribution in [3.8, 4) is 0 Å². The highest BCUT2D eigenvalue weighted by molar-refractivity contribution is 6.41. The number of aliphatic hydroxyl groups excluding tert-OH is 1. The lowest BCUT2D eigenvalue weighted by Gasteiger charge is -2.17. The van der Waals surface area contributed by atoms with Gasteiger partial charge in [-0.25, -0.2) is 0 Å². The molecule has 0 aliphatic heterocycles. The molecular weight excluding hydrogens is 280 g/mol. The third kappa shape index (κ3) is 4.83. The minimum Gasteiger partial charge on any atom is -0.393 e. The highest BCUT2D eigenvalue weighted by atomic mass is 35.5. The zero-order valence-corrected chi connectivity index (χ0v) is 12.6. The maximum Gasteiger partial charge on any atom is 0.313 e. The van der Waals surface area contributed by atoms with Crippen LogP contribution in [0.15, 0.2) is 18.2 Å². The highest BCUT2D eigenvalue weighted by Crippen LogP contribution is 2.22. The van der Waals surface area contributed by atoms with Gasteiger partial charge in [0.15, 0.2) is 0 Å². The lowest BCUT2D eigenvalue weighted by Crippen LogP contribution is -2.38. The molecule has 0 radical (unpaired) electrons. The Hall–Kier alpha value is -1.59. The van der Waals surface area contributed by atoms with Gasteiger partial charge in [-0.15, -0.1) is 0 Å². The van der Waals surface area contributed by atoms with Gasteiger partial charge in [0.25, 0.3) is 0 Å². The first kappa shape index (κ1) is 16.5. The average Bonchev–Trinajstić information content (AvgIpc) is 2.39. The van der Waals surface area contributed by atoms with Gasteiger partial charge in [0.2, 0.25) is 0 Å². The Morgan fingerprint density at radius 1 is 1.45 bits per heavy atom. The van der Waals surface area contributed by atoms with Crippen LogP contribution < -0.4 is 5.32 Å². The number of nitrogens with one attached hydrogen (secondary N) is 1. The van der Waals surface area contributed by atoms with Crippen LogP contribution in [-0.2, 0) is 9.59 Å². The van der Waals surface area contributed by atoms with Crippen molar-refractivity contribution in [3.05, 3.63) is 28.8 Å². The number of anilines is 1. The molecule has 0 aliphatic carbocycles. The number of nitrogens with zero attached hydrogens (tertiary/aromatic N) is 1. The second-order valence-corrected chi connectivity index (χ2v) is 5.21. The fourth-order valence-electron chi connectivity index (χ4n) is 1.57. The first-order valence-electron chi connectivity index (χ1n) is 6.32. The summed E-state index contributed by atoms with van der Waals surface area (Å²) < 4.78 is 0. The zero-order valence-electron chi connectivity index (χ0n) is 11.8. The monoisotopic (exact) mass is 298 g/mol. The van der Waals surface area contributed by atoms with E-state index in [0.29, 0.717) is 23.7 Å². The summed E-state index contributed by atoms with van der Waals surface area (Å²) in [5.74, 6) is -1.41. The number of carbonyl (C=O) groups excluding carboxylic acids is 2. The van der Waals surface area contributed by atoms with Crippen LogP contribution in [0.2, 0.25) is 5.02 Å². The molecule has 2 amide bonds. The summed E-state index contributed by atoms with van der Waals surface area (Å²) in [5, 5.41) is 12.0. The third-order valence-electron chi connectivity index (χ3n) is 2.79. The maximum atomic E-state index is 11.8. The second-order valence-electron chi connectivity index (χ2n) is 4.80. The summed E-state index contributed by atoms with van der Waals surface area (Å²) >= 11 is 5.95. The predicted octanol–water partition coefficient (Wildman–Crippen LogP) is 1.82. The molecule has 1 atom stereocenters. The lowest BCUT2D eigenvalue weighted by molar-refractivity contribution is -0.142. The summed E-state index contributed by atoms with van der Waals surface area (Å²) in [7, 11) is 1.52. The molecule has 6 heteroatoms. The quantitative estimate of drug-likeness (QED) is 0.833. The van der Waals surface area contributed by atoms with E-state index >= 15 is 0 Å². The summed E-state index contributed by atoms with van der Waals surface area (Å²) in [6, 6.07) is 5.17. The number of hydrogen-bond donors (Lipinski definition) is 2. The molecular formula is C14H19ClN2O3. The van der Waals surface area contributed by atoms with Crippen molar-refractivity contribution in [2.24, 2.45) is 0 Å². The van der Waals surface area contributed by atoms with Crippen LogP contribution in [0.25, 0.3) is 0 Å². The van der Waals surface area contributed by atoms with Crippen molar-refractivity contribution in [1.29, 1.82) is 0 Å². The molecule has 1 aromatic rings. The van der Waals surface area contributed by atoms with Crippen molar-refractivity contribution in [2.75, 3.05) is 18.9 Å². The normalized spacial score (nSPS) is 11.8. The van der Waals surface area contributed by atoms with E-state index in [1.54, 1.807) is 19.1 Å². The Morgan fingerprint density at radius 3 is 2.70 bits per heavy atom. The SMILES string of the molecule is Cc1ccc(Cl)c(NC(=O)C(=O)N(C)CCC(C)O)c1. The molecule has 0 saturated heterocycles. The number of carbonyl (C=O) groups is 2. The smallest absolute Gasteiger partial charge is 0.313 e. The van der Waals surface area contributed by atoms with Crippen LogP contribution in [0.3, 0.4) is 0 Å². The molecule has 0 aliphatic rings. The van der Waals surface area contributed by atoms with E-state index in [0.717, 1.165) is 5.56 Å². The molecule has 20 heavy (non-hydrogen) atoms. The molecule has 0 bridgehead atoms. The van der Waals surface area contributed by atoms with E-state index in [4.69, 9.17) is 16.7 Å². The van der Waals surface area contributed by atoms with Crippen LogP contribution in [0.5, 0.6) is 0 Å². The fourth-order valence-corrected chi connectivity index (χ4v) is 1.73. The van der Waals surface area contributed by atoms with Gasteiger partial charge in [-0.05, 0) is 38.0 Å². The molecule has 0 spiro atoms. The van der Waals surface area contributed by atoms with Gasteiger partial charge in [-0.1, -0.05) is 17.7 Å². The standard InChI is InChI=1S/C14H19ClN2O3/c1-9-4-5-11(15)12(8-9)16-13(19)14(20)17(3)7-6-10(2)18/h4-5,8,10,18H,6-7H2,1-3H3,(H,16,19). The average molecular weight is 299 g/mol. The first-order valence-corrected chi connectivity index (χ1v) is 6.69. The molecule has 0 saturated carbocycles. The van der Waals surface area contributed by atoms with E-state index in [-0.39, 0.29) is 0 Å². The Morgan fingerprint density at radius 2 is 2.10 bits per heavy atom. The fraction of sp³-hybridized carbons (Fsp3) is 0.429. The number of hydrogen-bond acceptors (Lipinski definition) is 3. The number of benzene rings is 1. The van der Waals surface area contributed by atoms with Gasteiger partial charge in [-0.2, -0.15) is 0 Å². The number of rotatable bonds is 4. The zero-order chi connectivity index (χ0) is 15.3. The molecule has 0 aromatic heterocycles. The van der Waals surface area contributed by atoms with Gasteiger partial charge in [0.05, 0.1) is 16.8 Å². The Kier molecular flexibility index (Phi) is 5.98. The summed E-state index contributed by atoms with van der Waals surface area (Å²) in [6.07, 6.45) is -0.0969. The van der Waals surface area contributed by atoms with E-state index in [9.17, 15) is 9.59 Å². The molecule has 5 nitrogen and oxygen atoms in total. The van der Waals surface area contributed by atoms with Crippen molar-refractivity contribution in [3.63, 3.8) is 0 Å². The number of likely N-dealkylation sites (N-methyl/N-ethyl adjacent to an activating group) is 1. The Bertz CT molecular complexity index is 503. The van der Waals surface area contributed by atoms with Gasteiger partial charge in [0.1, 0.15) is 0 Å². The van der Waals surface area contributed by atoms with Crippen molar-refractivity contribution < 1.29 is 14.7 Å². The molecule has 0 heterocycles. The van der Waals surface area contributed by atoms with Crippen LogP contribution in [0.1, 0.15) is 18.9 Å². The van der Waals surface area contributed by atoms with Crippen molar-refractivity contribution in [1.82, 2.24) is 4.90 Å². The minimum absolute atomic E-state index is 0.311. The van der Waals surface area contributed by atoms with E-state index < -0.39 is 17.9 Å². The molecule has 0 fully saturated rings. The topological polar surface area (TPSA) is 69.6 Å². The summed E-state index contributed by atoms with van der Waals surface area (Å²) in [5.41, 5.74) is 1.34. The minimum atomic E-state index is -0.745. The van der Waals surface area contributed by atoms with Crippen LogP contribution >= 0.6 is 11.6 Å². The Balaban J connectivity index is 2.66. The van der Waals surface area contributed by atoms with E-state index in [2.05, 4.69) is 5.32 Å². The molecule has 1 rings (SSSR count). The predicted molar refractivity (Wildman–Crippen MR) is 78.8 cm³/mol. The van der Waals surface area contributed by atoms with E-state index in [1.165, 1.54) is 11.9 Å². The summed E-state index contributed by atoms with van der Waals surface area (Å²) in [6.45, 7) is 3.80. The van der Waals surface area contributed by atoms with Gasteiger partial charge in [0, 0.05) is 13.6 Å². The van der Waals surface area contributed by atoms with Gasteiger partial charge in [-0.3, -0.25) is 9.59 Å².